The van der Waals surface area contributed by atoms with Crippen LogP contribution in [0.2, 0.25) is 0 Å². The van der Waals surface area contributed by atoms with Crippen molar-refractivity contribution in [1.29, 1.82) is 0 Å². The monoisotopic (exact) mass is 342 g/mol. The Kier molecular flexibility index (Phi) is 91.5. The van der Waals surface area contributed by atoms with Crippen LogP contribution in [-0.4, -0.2) is 0 Å². The van der Waals surface area contributed by atoms with Crippen molar-refractivity contribution in [2.75, 3.05) is 0 Å². The molecule has 0 aliphatic carbocycles. The lowest BCUT2D eigenvalue weighted by Crippen LogP contribution is -1.81. The molecule has 0 amide bonds. The van der Waals surface area contributed by atoms with E-state index in [9.17, 15) is 0 Å². The van der Waals surface area contributed by atoms with Gasteiger partial charge in [0.05, 0.1) is 0 Å². The Morgan fingerprint density at radius 3 is 1.12 bits per heavy atom. The summed E-state index contributed by atoms with van der Waals surface area (Å²) >= 11 is 4.24. The Labute approximate surface area is 74.4 Å². The lowest BCUT2D eigenvalue weighted by atomic mass is 11.0. The highest BCUT2D eigenvalue weighted by Crippen LogP contribution is 1.89. The molecule has 0 saturated heterocycles. The number of halogens is 2. The van der Waals surface area contributed by atoms with Crippen LogP contribution in [0, 0.1) is 0 Å². The molecule has 0 aromatic heterocycles. The van der Waals surface area contributed by atoms with E-state index < -0.39 is 0 Å². The van der Waals surface area contributed by atoms with Crippen molar-refractivity contribution in [3.8, 4) is 0 Å². The minimum Gasteiger partial charge on any atom is -0.403 e. The molecule has 0 radical (unpaired) electrons. The molecule has 4 heteroatoms. The molecule has 0 unspecified atom stereocenters. The maximum absolute atomic E-state index is 4.72. The average molecular weight is 342 g/mol. The van der Waals surface area contributed by atoms with Crippen LogP contribution in [-0.2, 0) is 0 Å². The predicted octanol–water partition coefficient (Wildman–Crippen LogP) is 2.17. The standard InChI is InChI=1S/C2H6N2.C2H6.I2/c3-1-2-4;2*1-2/h1-2H,3-4H2;1-2H3;/b2-1-;;. The Morgan fingerprint density at radius 1 is 1.00 bits per heavy atom. The number of nitrogens with two attached hydrogens (primary N) is 2. The number of rotatable bonds is 0. The van der Waals surface area contributed by atoms with E-state index in [4.69, 9.17) is 11.5 Å². The van der Waals surface area contributed by atoms with Gasteiger partial charge in [-0.3, -0.25) is 0 Å². The van der Waals surface area contributed by atoms with Gasteiger partial charge in [-0.1, -0.05) is 13.8 Å². The smallest absolute Gasteiger partial charge is 0.00957 e. The van der Waals surface area contributed by atoms with Crippen LogP contribution in [0.1, 0.15) is 13.8 Å². The Hall–Kier alpha value is 0.800. The van der Waals surface area contributed by atoms with Crippen molar-refractivity contribution >= 4 is 37.2 Å². The van der Waals surface area contributed by atoms with E-state index in [-0.39, 0.29) is 0 Å². The molecule has 0 aromatic rings. The van der Waals surface area contributed by atoms with E-state index in [2.05, 4.69) is 37.2 Å². The fraction of sp³-hybridized carbons (Fsp3) is 0.500. The third-order valence-corrected chi connectivity index (χ3v) is 0.111. The van der Waals surface area contributed by atoms with Crippen molar-refractivity contribution in [2.45, 2.75) is 13.8 Å². The Morgan fingerprint density at radius 2 is 1.12 bits per heavy atom. The lowest BCUT2D eigenvalue weighted by molar-refractivity contribution is 1.50. The average Bonchev–Trinajstić information content (AvgIpc) is 1.96. The van der Waals surface area contributed by atoms with Crippen LogP contribution in [0.5, 0.6) is 0 Å². The van der Waals surface area contributed by atoms with Crippen molar-refractivity contribution in [2.24, 2.45) is 11.5 Å². The molecule has 2 nitrogen and oxygen atoms in total. The second-order valence-corrected chi connectivity index (χ2v) is 0.385. The Balaban J connectivity index is -0.0000000542. The number of hydrogen-bond acceptors (Lipinski definition) is 2. The zero-order valence-electron chi connectivity index (χ0n) is 5.07. The second-order valence-electron chi connectivity index (χ2n) is 0.385. The highest BCUT2D eigenvalue weighted by atomic mass is 128. The molecule has 0 saturated carbocycles. The van der Waals surface area contributed by atoms with Gasteiger partial charge in [0.1, 0.15) is 0 Å². The first-order chi connectivity index (χ1) is 3.91. The van der Waals surface area contributed by atoms with Crippen LogP contribution in [0.3, 0.4) is 0 Å². The zero-order chi connectivity index (χ0) is 7.41. The largest absolute Gasteiger partial charge is 0.403 e. The summed E-state index contributed by atoms with van der Waals surface area (Å²) in [6, 6.07) is 0. The summed E-state index contributed by atoms with van der Waals surface area (Å²) < 4.78 is 0. The molecule has 0 fully saturated rings. The SMILES string of the molecule is CC.II.N/C=C\N. The third-order valence-electron chi connectivity index (χ3n) is 0.111. The molecule has 0 atom stereocenters. The number of hydrogen-bond donors (Lipinski definition) is 2. The summed E-state index contributed by atoms with van der Waals surface area (Å²) in [5, 5.41) is 0. The minimum absolute atomic E-state index is 1.28. The highest BCUT2D eigenvalue weighted by Gasteiger charge is 1.30. The summed E-state index contributed by atoms with van der Waals surface area (Å²) in [5.74, 6) is 0. The third kappa shape index (κ3) is 70.6. The van der Waals surface area contributed by atoms with Crippen LogP contribution < -0.4 is 11.5 Å². The fourth-order valence-corrected chi connectivity index (χ4v) is 0. The van der Waals surface area contributed by atoms with Gasteiger partial charge in [-0.05, 0) is 0 Å². The predicted molar refractivity (Wildman–Crippen MR) is 56.9 cm³/mol. The van der Waals surface area contributed by atoms with Gasteiger partial charge in [0.2, 0.25) is 0 Å². The molecule has 0 bridgehead atoms. The quantitative estimate of drug-likeness (QED) is 0.663. The summed E-state index contributed by atoms with van der Waals surface area (Å²) in [6.45, 7) is 4.00. The van der Waals surface area contributed by atoms with E-state index in [0.29, 0.717) is 0 Å². The molecular formula is C4H12I2N2. The van der Waals surface area contributed by atoms with Crippen LogP contribution >= 0.6 is 37.2 Å². The Bertz CT molecular complexity index is 27.2. The minimum atomic E-state index is 1.28. The van der Waals surface area contributed by atoms with Crippen molar-refractivity contribution in [3.05, 3.63) is 12.4 Å². The molecule has 0 aromatic carbocycles. The molecule has 0 aliphatic rings. The van der Waals surface area contributed by atoms with E-state index in [1.165, 1.54) is 12.4 Å². The van der Waals surface area contributed by atoms with E-state index >= 15 is 0 Å². The summed E-state index contributed by atoms with van der Waals surface area (Å²) in [7, 11) is 0. The summed E-state index contributed by atoms with van der Waals surface area (Å²) in [4.78, 5) is 0. The maximum Gasteiger partial charge on any atom is 0.00957 e. The highest BCUT2D eigenvalue weighted by molar-refractivity contribution is 15.0. The van der Waals surface area contributed by atoms with E-state index in [1.54, 1.807) is 0 Å². The van der Waals surface area contributed by atoms with E-state index in [1.807, 2.05) is 13.8 Å². The molecule has 0 rings (SSSR count). The van der Waals surface area contributed by atoms with Gasteiger partial charge in [0.15, 0.2) is 0 Å². The summed E-state index contributed by atoms with van der Waals surface area (Å²) in [5.41, 5.74) is 9.44. The van der Waals surface area contributed by atoms with Crippen molar-refractivity contribution in [1.82, 2.24) is 0 Å². The van der Waals surface area contributed by atoms with Gasteiger partial charge in [0, 0.05) is 49.6 Å². The van der Waals surface area contributed by atoms with Crippen LogP contribution in [0.15, 0.2) is 12.4 Å². The first-order valence-corrected chi connectivity index (χ1v) is 8.43. The fourth-order valence-electron chi connectivity index (χ4n) is 0. The molecule has 0 heterocycles. The van der Waals surface area contributed by atoms with Gasteiger partial charge in [-0.15, -0.1) is 0 Å². The molecule has 4 N–H and O–H groups in total. The molecular weight excluding hydrogens is 330 g/mol. The maximum atomic E-state index is 4.72. The normalized spacial score (nSPS) is 6.00. The second kappa shape index (κ2) is 46.0. The zero-order valence-corrected chi connectivity index (χ0v) is 9.38. The van der Waals surface area contributed by atoms with Gasteiger partial charge in [-0.25, -0.2) is 0 Å². The van der Waals surface area contributed by atoms with Crippen molar-refractivity contribution < 1.29 is 0 Å². The van der Waals surface area contributed by atoms with Crippen LogP contribution in [0.25, 0.3) is 0 Å². The molecule has 0 spiro atoms. The molecule has 0 aliphatic heterocycles. The van der Waals surface area contributed by atoms with Gasteiger partial charge in [0.25, 0.3) is 0 Å². The van der Waals surface area contributed by atoms with Gasteiger partial charge < -0.3 is 11.5 Å². The van der Waals surface area contributed by atoms with Gasteiger partial charge in [-0.2, -0.15) is 0 Å². The van der Waals surface area contributed by atoms with Crippen LogP contribution in [0.4, 0.5) is 0 Å². The van der Waals surface area contributed by atoms with Crippen molar-refractivity contribution in [3.63, 3.8) is 0 Å². The molecule has 52 valence electrons. The molecule has 8 heavy (non-hydrogen) atoms. The van der Waals surface area contributed by atoms with Gasteiger partial charge >= 0.3 is 0 Å². The summed E-state index contributed by atoms with van der Waals surface area (Å²) in [6.07, 6.45) is 2.56. The lowest BCUT2D eigenvalue weighted by Gasteiger charge is -1.56. The first kappa shape index (κ1) is 15.9. The topological polar surface area (TPSA) is 52.0 Å². The first-order valence-electron chi connectivity index (χ1n) is 2.14. The van der Waals surface area contributed by atoms with E-state index in [0.717, 1.165) is 0 Å².